The van der Waals surface area contributed by atoms with Gasteiger partial charge in [0.25, 0.3) is 5.91 Å². The van der Waals surface area contributed by atoms with Crippen LogP contribution < -0.4 is 0 Å². The van der Waals surface area contributed by atoms with Crippen molar-refractivity contribution in [3.05, 3.63) is 33.8 Å². The van der Waals surface area contributed by atoms with Crippen LogP contribution in [0.5, 0.6) is 0 Å². The van der Waals surface area contributed by atoms with Gasteiger partial charge in [-0.3, -0.25) is 4.79 Å². The molecule has 0 radical (unpaired) electrons. The molecule has 1 heterocycles. The average molecular weight is 288 g/mol. The number of carbonyl (C=O) groups is 1. The van der Waals surface area contributed by atoms with E-state index in [0.29, 0.717) is 28.8 Å². The largest absolute Gasteiger partial charge is 0.377 e. The maximum Gasteiger partial charge on any atom is 0.254 e. The maximum absolute atomic E-state index is 12.5. The number of hydrogen-bond acceptors (Lipinski definition) is 2. The molecule has 98 valence electrons. The van der Waals surface area contributed by atoms with Gasteiger partial charge in [0.05, 0.1) is 35.3 Å². The molecule has 1 aromatic carbocycles. The molecule has 1 aliphatic rings. The molecular formula is C13H15Cl2NO2. The lowest BCUT2D eigenvalue weighted by molar-refractivity contribution is -0.0249. The van der Waals surface area contributed by atoms with Crippen molar-refractivity contribution in [1.82, 2.24) is 4.90 Å². The molecule has 0 bridgehead atoms. The lowest BCUT2D eigenvalue weighted by Crippen LogP contribution is -2.52. The van der Waals surface area contributed by atoms with Crippen molar-refractivity contribution in [2.75, 3.05) is 13.2 Å². The normalized spacial score (nSPS) is 24.1. The van der Waals surface area contributed by atoms with Crippen molar-refractivity contribution in [2.45, 2.75) is 25.9 Å². The van der Waals surface area contributed by atoms with Crippen LogP contribution in [0.2, 0.25) is 10.0 Å². The van der Waals surface area contributed by atoms with E-state index in [2.05, 4.69) is 0 Å². The highest BCUT2D eigenvalue weighted by molar-refractivity contribution is 6.42. The number of amides is 1. The maximum atomic E-state index is 12.5. The second-order valence-electron chi connectivity index (χ2n) is 4.58. The minimum Gasteiger partial charge on any atom is -0.377 e. The van der Waals surface area contributed by atoms with Crippen LogP contribution >= 0.6 is 23.2 Å². The van der Waals surface area contributed by atoms with Crippen molar-refractivity contribution < 1.29 is 9.53 Å². The van der Waals surface area contributed by atoms with E-state index in [1.807, 2.05) is 18.7 Å². The molecule has 0 spiro atoms. The Bertz CT molecular complexity index is 454. The first-order chi connectivity index (χ1) is 8.50. The van der Waals surface area contributed by atoms with Gasteiger partial charge >= 0.3 is 0 Å². The lowest BCUT2D eigenvalue weighted by Gasteiger charge is -2.38. The molecule has 3 nitrogen and oxygen atoms in total. The van der Waals surface area contributed by atoms with Gasteiger partial charge in [-0.05, 0) is 32.0 Å². The van der Waals surface area contributed by atoms with Crippen molar-refractivity contribution in [2.24, 2.45) is 0 Å². The standard InChI is InChI=1S/C13H15Cl2NO2/c1-8-6-18-7-9(2)16(8)13(17)10-3-4-11(14)12(15)5-10/h3-5,8-9H,6-7H2,1-2H3. The highest BCUT2D eigenvalue weighted by Crippen LogP contribution is 2.25. The van der Waals surface area contributed by atoms with Crippen LogP contribution in [0, 0.1) is 0 Å². The van der Waals surface area contributed by atoms with Gasteiger partial charge in [-0.25, -0.2) is 0 Å². The fourth-order valence-electron chi connectivity index (χ4n) is 2.18. The molecule has 1 aromatic rings. The summed E-state index contributed by atoms with van der Waals surface area (Å²) in [6.07, 6.45) is 0. The zero-order valence-electron chi connectivity index (χ0n) is 10.3. The third kappa shape index (κ3) is 2.63. The third-order valence-electron chi connectivity index (χ3n) is 3.07. The van der Waals surface area contributed by atoms with Gasteiger partial charge in [-0.2, -0.15) is 0 Å². The van der Waals surface area contributed by atoms with Crippen LogP contribution in [0.25, 0.3) is 0 Å². The highest BCUT2D eigenvalue weighted by Gasteiger charge is 2.30. The molecule has 5 heteroatoms. The van der Waals surface area contributed by atoms with Crippen molar-refractivity contribution in [3.63, 3.8) is 0 Å². The second kappa shape index (κ2) is 5.47. The molecule has 18 heavy (non-hydrogen) atoms. The lowest BCUT2D eigenvalue weighted by atomic mass is 10.1. The summed E-state index contributed by atoms with van der Waals surface area (Å²) in [5, 5.41) is 0.854. The predicted octanol–water partition coefficient (Wildman–Crippen LogP) is 3.24. The topological polar surface area (TPSA) is 29.5 Å². The Morgan fingerprint density at radius 2 is 1.83 bits per heavy atom. The number of ether oxygens (including phenoxy) is 1. The molecule has 2 unspecified atom stereocenters. The number of nitrogens with zero attached hydrogens (tertiary/aromatic N) is 1. The molecule has 0 saturated carbocycles. The Morgan fingerprint density at radius 1 is 1.22 bits per heavy atom. The summed E-state index contributed by atoms with van der Waals surface area (Å²) in [6.45, 7) is 5.09. The summed E-state index contributed by atoms with van der Waals surface area (Å²) in [5.74, 6) is -0.0307. The molecule has 1 aliphatic heterocycles. The van der Waals surface area contributed by atoms with Gasteiger partial charge in [0.1, 0.15) is 0 Å². The van der Waals surface area contributed by atoms with Gasteiger partial charge in [-0.1, -0.05) is 23.2 Å². The monoisotopic (exact) mass is 287 g/mol. The number of hydrogen-bond donors (Lipinski definition) is 0. The summed E-state index contributed by atoms with van der Waals surface area (Å²) >= 11 is 11.8. The first-order valence-corrected chi connectivity index (χ1v) is 6.61. The van der Waals surface area contributed by atoms with Crippen LogP contribution in [0.4, 0.5) is 0 Å². The molecule has 1 saturated heterocycles. The third-order valence-corrected chi connectivity index (χ3v) is 3.81. The molecule has 0 aromatic heterocycles. The molecule has 2 atom stereocenters. The first kappa shape index (κ1) is 13.7. The fourth-order valence-corrected chi connectivity index (χ4v) is 2.48. The van der Waals surface area contributed by atoms with E-state index in [-0.39, 0.29) is 18.0 Å². The molecule has 1 amide bonds. The van der Waals surface area contributed by atoms with E-state index in [9.17, 15) is 4.79 Å². The van der Waals surface area contributed by atoms with Crippen LogP contribution in [-0.2, 0) is 4.74 Å². The van der Waals surface area contributed by atoms with Crippen molar-refractivity contribution in [1.29, 1.82) is 0 Å². The van der Waals surface area contributed by atoms with Crippen LogP contribution in [0.1, 0.15) is 24.2 Å². The SMILES string of the molecule is CC1COCC(C)N1C(=O)c1ccc(Cl)c(Cl)c1. The summed E-state index contributed by atoms with van der Waals surface area (Å²) in [4.78, 5) is 14.3. The van der Waals surface area contributed by atoms with E-state index >= 15 is 0 Å². The van der Waals surface area contributed by atoms with Gasteiger partial charge in [-0.15, -0.1) is 0 Å². The zero-order chi connectivity index (χ0) is 13.3. The number of rotatable bonds is 1. The molecular weight excluding hydrogens is 273 g/mol. The Kier molecular flexibility index (Phi) is 4.15. The van der Waals surface area contributed by atoms with E-state index in [1.54, 1.807) is 18.2 Å². The van der Waals surface area contributed by atoms with Crippen molar-refractivity contribution in [3.8, 4) is 0 Å². The van der Waals surface area contributed by atoms with Gasteiger partial charge < -0.3 is 9.64 Å². The van der Waals surface area contributed by atoms with Crippen LogP contribution in [-0.4, -0.2) is 36.1 Å². The minimum absolute atomic E-state index is 0.0307. The zero-order valence-corrected chi connectivity index (χ0v) is 11.8. The summed E-state index contributed by atoms with van der Waals surface area (Å²) in [6, 6.07) is 5.09. The number of morpholine rings is 1. The molecule has 1 fully saturated rings. The molecule has 0 aliphatic carbocycles. The van der Waals surface area contributed by atoms with E-state index in [4.69, 9.17) is 27.9 Å². The van der Waals surface area contributed by atoms with Gasteiger partial charge in [0.15, 0.2) is 0 Å². The van der Waals surface area contributed by atoms with E-state index in [0.717, 1.165) is 0 Å². The molecule has 0 N–H and O–H groups in total. The van der Waals surface area contributed by atoms with Crippen LogP contribution in [0.15, 0.2) is 18.2 Å². The summed E-state index contributed by atoms with van der Waals surface area (Å²) in [5.41, 5.74) is 0.560. The summed E-state index contributed by atoms with van der Waals surface area (Å²) < 4.78 is 5.41. The predicted molar refractivity (Wildman–Crippen MR) is 72.4 cm³/mol. The van der Waals surface area contributed by atoms with Crippen molar-refractivity contribution >= 4 is 29.1 Å². The summed E-state index contributed by atoms with van der Waals surface area (Å²) in [7, 11) is 0. The first-order valence-electron chi connectivity index (χ1n) is 5.86. The number of carbonyl (C=O) groups excluding carboxylic acids is 1. The highest BCUT2D eigenvalue weighted by atomic mass is 35.5. The fraction of sp³-hybridized carbons (Fsp3) is 0.462. The van der Waals surface area contributed by atoms with E-state index < -0.39 is 0 Å². The number of halogens is 2. The Morgan fingerprint density at radius 3 is 2.39 bits per heavy atom. The Hall–Kier alpha value is -0.770. The Labute approximate surface area is 117 Å². The van der Waals surface area contributed by atoms with Gasteiger partial charge in [0, 0.05) is 5.56 Å². The smallest absolute Gasteiger partial charge is 0.254 e. The van der Waals surface area contributed by atoms with Gasteiger partial charge in [0.2, 0.25) is 0 Å². The minimum atomic E-state index is -0.0307. The average Bonchev–Trinajstić information content (AvgIpc) is 2.32. The quantitative estimate of drug-likeness (QED) is 0.794. The second-order valence-corrected chi connectivity index (χ2v) is 5.39. The number of benzene rings is 1. The van der Waals surface area contributed by atoms with E-state index in [1.165, 1.54) is 0 Å². The Balaban J connectivity index is 2.26. The van der Waals surface area contributed by atoms with Crippen LogP contribution in [0.3, 0.4) is 0 Å². The molecule has 2 rings (SSSR count).